The highest BCUT2D eigenvalue weighted by atomic mass is 16.6. The molecule has 0 saturated heterocycles. The number of anilines is 1. The molecule has 6 heteroatoms. The molecular formula is C17H18N2O4. The Morgan fingerprint density at radius 1 is 1.17 bits per heavy atom. The molecule has 2 aromatic carbocycles. The maximum Gasteiger partial charge on any atom is 0.273 e. The first-order valence-electron chi connectivity index (χ1n) is 7.12. The van der Waals surface area contributed by atoms with Gasteiger partial charge in [0, 0.05) is 11.8 Å². The molecule has 2 rings (SSSR count). The third kappa shape index (κ3) is 4.29. The molecule has 0 fully saturated rings. The average molecular weight is 314 g/mol. The Bertz CT molecular complexity index is 733. The third-order valence-electron chi connectivity index (χ3n) is 3.34. The number of aryl methyl sites for hydroxylation is 3. The van der Waals surface area contributed by atoms with Crippen LogP contribution in [0.1, 0.15) is 16.7 Å². The Morgan fingerprint density at radius 3 is 2.43 bits per heavy atom. The van der Waals surface area contributed by atoms with Crippen molar-refractivity contribution in [3.8, 4) is 5.75 Å². The van der Waals surface area contributed by atoms with Crippen LogP contribution in [0.3, 0.4) is 0 Å². The van der Waals surface area contributed by atoms with Crippen LogP contribution in [-0.4, -0.2) is 17.4 Å². The Morgan fingerprint density at radius 2 is 1.83 bits per heavy atom. The normalized spacial score (nSPS) is 10.2. The number of hydrogen-bond donors (Lipinski definition) is 1. The molecule has 120 valence electrons. The standard InChI is InChI=1S/C17H18N2O4/c1-11-7-12(2)17(13(3)8-11)18-16(20)10-23-15-6-4-5-14(9-15)19(21)22/h4-9H,10H2,1-3H3,(H,18,20). The van der Waals surface area contributed by atoms with Crippen LogP contribution in [0.4, 0.5) is 11.4 Å². The molecule has 2 aromatic rings. The van der Waals surface area contributed by atoms with E-state index in [1.165, 1.54) is 18.2 Å². The smallest absolute Gasteiger partial charge is 0.273 e. The molecule has 0 atom stereocenters. The molecule has 0 aliphatic heterocycles. The van der Waals surface area contributed by atoms with Crippen LogP contribution in [0, 0.1) is 30.9 Å². The molecule has 1 N–H and O–H groups in total. The molecule has 0 aromatic heterocycles. The zero-order valence-electron chi connectivity index (χ0n) is 13.3. The van der Waals surface area contributed by atoms with Gasteiger partial charge in [-0.1, -0.05) is 23.8 Å². The fourth-order valence-electron chi connectivity index (χ4n) is 2.39. The van der Waals surface area contributed by atoms with Crippen molar-refractivity contribution in [2.24, 2.45) is 0 Å². The number of nitrogens with one attached hydrogen (secondary N) is 1. The van der Waals surface area contributed by atoms with Crippen LogP contribution in [0.5, 0.6) is 5.75 Å². The molecule has 0 saturated carbocycles. The molecular weight excluding hydrogens is 296 g/mol. The number of carbonyl (C=O) groups excluding carboxylic acids is 1. The van der Waals surface area contributed by atoms with Gasteiger partial charge in [-0.15, -0.1) is 0 Å². The number of non-ortho nitro benzene ring substituents is 1. The molecule has 1 amide bonds. The maximum absolute atomic E-state index is 12.0. The predicted octanol–water partition coefficient (Wildman–Crippen LogP) is 3.54. The van der Waals surface area contributed by atoms with Crippen LogP contribution in [0.2, 0.25) is 0 Å². The minimum absolute atomic E-state index is 0.0758. The molecule has 6 nitrogen and oxygen atoms in total. The SMILES string of the molecule is Cc1cc(C)c(NC(=O)COc2cccc([N+](=O)[O-])c2)c(C)c1. The van der Waals surface area contributed by atoms with Crippen molar-refractivity contribution < 1.29 is 14.5 Å². The molecule has 0 unspecified atom stereocenters. The number of ether oxygens (including phenoxy) is 1. The van der Waals surface area contributed by atoms with E-state index in [2.05, 4.69) is 5.32 Å². The molecule has 0 radical (unpaired) electrons. The summed E-state index contributed by atoms with van der Waals surface area (Å²) in [5.74, 6) is -0.0294. The van der Waals surface area contributed by atoms with Crippen LogP contribution >= 0.6 is 0 Å². The van der Waals surface area contributed by atoms with Gasteiger partial charge in [-0.05, 0) is 38.0 Å². The van der Waals surface area contributed by atoms with Gasteiger partial charge in [-0.25, -0.2) is 0 Å². The van der Waals surface area contributed by atoms with Gasteiger partial charge in [-0.3, -0.25) is 14.9 Å². The summed E-state index contributed by atoms with van der Waals surface area (Å²) >= 11 is 0. The van der Waals surface area contributed by atoms with Crippen molar-refractivity contribution >= 4 is 17.3 Å². The van der Waals surface area contributed by atoms with E-state index < -0.39 is 4.92 Å². The predicted molar refractivity (Wildman–Crippen MR) is 87.9 cm³/mol. The summed E-state index contributed by atoms with van der Waals surface area (Å²) in [6.45, 7) is 5.64. The van der Waals surface area contributed by atoms with Crippen molar-refractivity contribution in [1.29, 1.82) is 0 Å². The van der Waals surface area contributed by atoms with Crippen molar-refractivity contribution in [3.63, 3.8) is 0 Å². The summed E-state index contributed by atoms with van der Waals surface area (Å²) in [6.07, 6.45) is 0. The van der Waals surface area contributed by atoms with Gasteiger partial charge in [-0.2, -0.15) is 0 Å². The van der Waals surface area contributed by atoms with Crippen LogP contribution in [-0.2, 0) is 4.79 Å². The lowest BCUT2D eigenvalue weighted by Crippen LogP contribution is -2.21. The largest absolute Gasteiger partial charge is 0.484 e. The van der Waals surface area contributed by atoms with E-state index in [1.54, 1.807) is 6.07 Å². The summed E-state index contributed by atoms with van der Waals surface area (Å²) in [6, 6.07) is 9.72. The van der Waals surface area contributed by atoms with E-state index in [9.17, 15) is 14.9 Å². The number of rotatable bonds is 5. The number of nitro groups is 1. The number of benzene rings is 2. The van der Waals surface area contributed by atoms with Gasteiger partial charge in [0.05, 0.1) is 11.0 Å². The monoisotopic (exact) mass is 314 g/mol. The van der Waals surface area contributed by atoms with Gasteiger partial charge >= 0.3 is 0 Å². The molecule has 0 heterocycles. The first-order valence-corrected chi connectivity index (χ1v) is 7.12. The topological polar surface area (TPSA) is 81.5 Å². The minimum atomic E-state index is -0.508. The Balaban J connectivity index is 2.01. The van der Waals surface area contributed by atoms with Crippen molar-refractivity contribution in [2.75, 3.05) is 11.9 Å². The lowest BCUT2D eigenvalue weighted by molar-refractivity contribution is -0.384. The van der Waals surface area contributed by atoms with E-state index in [0.29, 0.717) is 0 Å². The van der Waals surface area contributed by atoms with Gasteiger partial charge in [0.2, 0.25) is 0 Å². The number of nitro benzene ring substituents is 1. The van der Waals surface area contributed by atoms with E-state index in [-0.39, 0.29) is 24.0 Å². The van der Waals surface area contributed by atoms with Crippen molar-refractivity contribution in [2.45, 2.75) is 20.8 Å². The van der Waals surface area contributed by atoms with E-state index in [1.807, 2.05) is 32.9 Å². The number of nitrogens with zero attached hydrogens (tertiary/aromatic N) is 1. The average Bonchev–Trinajstić information content (AvgIpc) is 2.49. The van der Waals surface area contributed by atoms with Crippen LogP contribution in [0.15, 0.2) is 36.4 Å². The number of carbonyl (C=O) groups is 1. The van der Waals surface area contributed by atoms with Crippen LogP contribution < -0.4 is 10.1 Å². The summed E-state index contributed by atoms with van der Waals surface area (Å²) in [5, 5.41) is 13.5. The van der Waals surface area contributed by atoms with E-state index >= 15 is 0 Å². The van der Waals surface area contributed by atoms with Crippen molar-refractivity contribution in [1.82, 2.24) is 0 Å². The lowest BCUT2D eigenvalue weighted by atomic mass is 10.1. The summed E-state index contributed by atoms with van der Waals surface area (Å²) < 4.78 is 5.32. The van der Waals surface area contributed by atoms with Gasteiger partial charge in [0.15, 0.2) is 6.61 Å². The highest BCUT2D eigenvalue weighted by Gasteiger charge is 2.11. The molecule has 0 bridgehead atoms. The van der Waals surface area contributed by atoms with Gasteiger partial charge < -0.3 is 10.1 Å². The highest BCUT2D eigenvalue weighted by molar-refractivity contribution is 5.93. The minimum Gasteiger partial charge on any atom is -0.484 e. The van der Waals surface area contributed by atoms with Gasteiger partial charge in [0.25, 0.3) is 11.6 Å². The summed E-state index contributed by atoms with van der Waals surface area (Å²) in [4.78, 5) is 22.2. The second-order valence-electron chi connectivity index (χ2n) is 5.37. The Kier molecular flexibility index (Phi) is 4.95. The van der Waals surface area contributed by atoms with E-state index in [0.717, 1.165) is 22.4 Å². The van der Waals surface area contributed by atoms with Crippen molar-refractivity contribution in [3.05, 3.63) is 63.2 Å². The molecule has 0 aliphatic rings. The Hall–Kier alpha value is -2.89. The van der Waals surface area contributed by atoms with Crippen LogP contribution in [0.25, 0.3) is 0 Å². The summed E-state index contributed by atoms with van der Waals surface area (Å²) in [7, 11) is 0. The van der Waals surface area contributed by atoms with E-state index in [4.69, 9.17) is 4.74 Å². The van der Waals surface area contributed by atoms with Gasteiger partial charge in [0.1, 0.15) is 5.75 Å². The fraction of sp³-hybridized carbons (Fsp3) is 0.235. The third-order valence-corrected chi connectivity index (χ3v) is 3.34. The first-order chi connectivity index (χ1) is 10.9. The number of amides is 1. The quantitative estimate of drug-likeness (QED) is 0.676. The second kappa shape index (κ2) is 6.91. The highest BCUT2D eigenvalue weighted by Crippen LogP contribution is 2.22. The zero-order chi connectivity index (χ0) is 17.0. The number of hydrogen-bond acceptors (Lipinski definition) is 4. The Labute approximate surface area is 134 Å². The zero-order valence-corrected chi connectivity index (χ0v) is 13.3. The first kappa shape index (κ1) is 16.5. The molecule has 0 spiro atoms. The second-order valence-corrected chi connectivity index (χ2v) is 5.37. The fourth-order valence-corrected chi connectivity index (χ4v) is 2.39. The summed E-state index contributed by atoms with van der Waals surface area (Å²) in [5.41, 5.74) is 3.78. The lowest BCUT2D eigenvalue weighted by Gasteiger charge is -2.13. The molecule has 0 aliphatic carbocycles. The molecule has 23 heavy (non-hydrogen) atoms. The maximum atomic E-state index is 12.0.